The van der Waals surface area contributed by atoms with E-state index in [-0.39, 0.29) is 33.6 Å². The van der Waals surface area contributed by atoms with Gasteiger partial charge in [-0.2, -0.15) is 0 Å². The highest BCUT2D eigenvalue weighted by molar-refractivity contribution is 6.09. The third kappa shape index (κ3) is 3.33. The van der Waals surface area contributed by atoms with E-state index in [1.165, 1.54) is 17.7 Å². The van der Waals surface area contributed by atoms with Crippen molar-refractivity contribution in [1.82, 2.24) is 0 Å². The molecule has 31 heavy (non-hydrogen) atoms. The Hall–Kier alpha value is -3.06. The lowest BCUT2D eigenvalue weighted by Gasteiger charge is -2.42. The van der Waals surface area contributed by atoms with Crippen molar-refractivity contribution < 1.29 is 19.6 Å². The Kier molecular flexibility index (Phi) is 4.59. The predicted octanol–water partition coefficient (Wildman–Crippen LogP) is 4.36. The van der Waals surface area contributed by atoms with Crippen LogP contribution in [0.25, 0.3) is 0 Å². The van der Waals surface area contributed by atoms with Crippen LogP contribution >= 0.6 is 0 Å². The molecule has 0 radical (unpaired) electrons. The van der Waals surface area contributed by atoms with Gasteiger partial charge in [0, 0.05) is 28.9 Å². The van der Waals surface area contributed by atoms with Crippen molar-refractivity contribution in [1.29, 1.82) is 0 Å². The summed E-state index contributed by atoms with van der Waals surface area (Å²) in [6.07, 6.45) is 1.55. The molecule has 0 fully saturated rings. The minimum absolute atomic E-state index is 0.00778. The molecule has 1 atom stereocenters. The van der Waals surface area contributed by atoms with Crippen LogP contribution in [0.5, 0.6) is 0 Å². The number of non-ortho nitro benzene ring substituents is 1. The number of ketones is 1. The summed E-state index contributed by atoms with van der Waals surface area (Å²) < 4.78 is 0. The van der Waals surface area contributed by atoms with Crippen LogP contribution in [0.1, 0.15) is 74.0 Å². The van der Waals surface area contributed by atoms with Crippen LogP contribution in [0.15, 0.2) is 36.4 Å². The molecule has 0 spiro atoms. The van der Waals surface area contributed by atoms with Crippen LogP contribution in [0.2, 0.25) is 0 Å². The SMILES string of the molecule is CC1(C)CCC(C)(C)c2cc(C(=O)CC3(O)C(=O)Nc4ccc([N+](=O)[O-])cc43)ccc21. The maximum absolute atomic E-state index is 13.2. The second kappa shape index (κ2) is 6.72. The normalized spacial score (nSPS) is 22.9. The van der Waals surface area contributed by atoms with E-state index in [9.17, 15) is 24.8 Å². The third-order valence-corrected chi connectivity index (χ3v) is 6.87. The lowest BCUT2D eigenvalue weighted by Crippen LogP contribution is -2.37. The molecule has 1 aliphatic carbocycles. The molecule has 0 saturated heterocycles. The Balaban J connectivity index is 1.71. The molecular formula is C24H26N2O5. The molecule has 2 aromatic carbocycles. The zero-order valence-corrected chi connectivity index (χ0v) is 18.1. The maximum atomic E-state index is 13.2. The number of rotatable bonds is 4. The molecular weight excluding hydrogens is 396 g/mol. The van der Waals surface area contributed by atoms with Gasteiger partial charge < -0.3 is 10.4 Å². The van der Waals surface area contributed by atoms with E-state index in [1.807, 2.05) is 12.1 Å². The van der Waals surface area contributed by atoms with Gasteiger partial charge in [0.2, 0.25) is 0 Å². The number of nitro groups is 1. The fourth-order valence-electron chi connectivity index (χ4n) is 4.72. The van der Waals surface area contributed by atoms with E-state index in [2.05, 4.69) is 33.0 Å². The van der Waals surface area contributed by atoms with Crippen molar-refractivity contribution >= 4 is 23.1 Å². The topological polar surface area (TPSA) is 110 Å². The molecule has 2 N–H and O–H groups in total. The summed E-state index contributed by atoms with van der Waals surface area (Å²) in [6.45, 7) is 8.70. The number of hydrogen-bond acceptors (Lipinski definition) is 5. The number of aliphatic hydroxyl groups is 1. The van der Waals surface area contributed by atoms with Gasteiger partial charge in [-0.15, -0.1) is 0 Å². The number of fused-ring (bicyclic) bond motifs is 2. The Morgan fingerprint density at radius 1 is 1.03 bits per heavy atom. The highest BCUT2D eigenvalue weighted by Crippen LogP contribution is 2.46. The summed E-state index contributed by atoms with van der Waals surface area (Å²) in [5.74, 6) is -1.14. The number of amides is 1. The largest absolute Gasteiger partial charge is 0.375 e. The molecule has 1 heterocycles. The molecule has 1 unspecified atom stereocenters. The molecule has 162 valence electrons. The average molecular weight is 422 g/mol. The van der Waals surface area contributed by atoms with Gasteiger partial charge in [-0.05, 0) is 46.9 Å². The first-order chi connectivity index (χ1) is 14.3. The Morgan fingerprint density at radius 2 is 1.68 bits per heavy atom. The van der Waals surface area contributed by atoms with Crippen LogP contribution in [0.3, 0.4) is 0 Å². The molecule has 4 rings (SSSR count). The molecule has 2 aromatic rings. The minimum Gasteiger partial charge on any atom is -0.375 e. The number of carbonyl (C=O) groups is 2. The monoisotopic (exact) mass is 422 g/mol. The first kappa shape index (κ1) is 21.2. The van der Waals surface area contributed by atoms with Crippen molar-refractivity contribution in [3.05, 3.63) is 68.8 Å². The van der Waals surface area contributed by atoms with Gasteiger partial charge in [-0.25, -0.2) is 0 Å². The lowest BCUT2D eigenvalue weighted by molar-refractivity contribution is -0.385. The number of Topliss-reactive ketones (excluding diaryl/α,β-unsaturated/α-hetero) is 1. The Bertz CT molecular complexity index is 1130. The zero-order valence-electron chi connectivity index (χ0n) is 18.1. The minimum atomic E-state index is -2.15. The first-order valence-electron chi connectivity index (χ1n) is 10.4. The van der Waals surface area contributed by atoms with E-state index in [1.54, 1.807) is 6.07 Å². The smallest absolute Gasteiger partial charge is 0.269 e. The van der Waals surface area contributed by atoms with Crippen LogP contribution in [-0.4, -0.2) is 21.7 Å². The molecule has 7 nitrogen and oxygen atoms in total. The molecule has 2 aliphatic rings. The average Bonchev–Trinajstić information content (AvgIpc) is 2.95. The number of anilines is 1. The summed E-state index contributed by atoms with van der Waals surface area (Å²) in [6, 6.07) is 9.37. The van der Waals surface area contributed by atoms with E-state index in [0.29, 0.717) is 5.56 Å². The Labute approximate surface area is 180 Å². The second-order valence-corrected chi connectivity index (χ2v) is 9.93. The molecule has 1 aliphatic heterocycles. The van der Waals surface area contributed by atoms with Gasteiger partial charge in [-0.1, -0.05) is 39.8 Å². The third-order valence-electron chi connectivity index (χ3n) is 6.87. The van der Waals surface area contributed by atoms with Crippen molar-refractivity contribution in [2.75, 3.05) is 5.32 Å². The van der Waals surface area contributed by atoms with E-state index < -0.39 is 22.9 Å². The number of nitrogens with one attached hydrogen (secondary N) is 1. The summed E-state index contributed by atoms with van der Waals surface area (Å²) in [7, 11) is 0. The van der Waals surface area contributed by atoms with Crippen LogP contribution < -0.4 is 5.32 Å². The van der Waals surface area contributed by atoms with E-state index in [4.69, 9.17) is 0 Å². The van der Waals surface area contributed by atoms with E-state index in [0.717, 1.165) is 24.5 Å². The van der Waals surface area contributed by atoms with Gasteiger partial charge in [-0.3, -0.25) is 19.7 Å². The predicted molar refractivity (Wildman–Crippen MR) is 116 cm³/mol. The fraction of sp³-hybridized carbons (Fsp3) is 0.417. The number of benzene rings is 2. The van der Waals surface area contributed by atoms with Crippen molar-refractivity contribution in [3.8, 4) is 0 Å². The van der Waals surface area contributed by atoms with E-state index >= 15 is 0 Å². The quantitative estimate of drug-likeness (QED) is 0.432. The van der Waals surface area contributed by atoms with Crippen molar-refractivity contribution in [2.45, 2.75) is 63.4 Å². The van der Waals surface area contributed by atoms with Gasteiger partial charge >= 0.3 is 0 Å². The number of nitro benzene ring substituents is 1. The van der Waals surface area contributed by atoms with Crippen LogP contribution in [0, 0.1) is 10.1 Å². The molecule has 1 amide bonds. The lowest BCUT2D eigenvalue weighted by atomic mass is 9.63. The number of hydrogen-bond donors (Lipinski definition) is 2. The first-order valence-corrected chi connectivity index (χ1v) is 10.4. The molecule has 0 aromatic heterocycles. The number of carbonyl (C=O) groups excluding carboxylic acids is 2. The summed E-state index contributed by atoms with van der Waals surface area (Å²) in [5, 5.41) is 24.8. The highest BCUT2D eigenvalue weighted by Gasteiger charge is 2.48. The van der Waals surface area contributed by atoms with Gasteiger partial charge in [0.05, 0.1) is 11.3 Å². The summed E-state index contributed by atoms with van der Waals surface area (Å²) in [5.41, 5.74) is 0.585. The fourth-order valence-corrected chi connectivity index (χ4v) is 4.72. The molecule has 0 saturated carbocycles. The van der Waals surface area contributed by atoms with Crippen molar-refractivity contribution in [2.24, 2.45) is 0 Å². The van der Waals surface area contributed by atoms with Crippen LogP contribution in [-0.2, 0) is 21.2 Å². The van der Waals surface area contributed by atoms with Gasteiger partial charge in [0.1, 0.15) is 0 Å². The van der Waals surface area contributed by atoms with Crippen molar-refractivity contribution in [3.63, 3.8) is 0 Å². The maximum Gasteiger partial charge on any atom is 0.269 e. The molecule has 0 bridgehead atoms. The highest BCUT2D eigenvalue weighted by atomic mass is 16.6. The standard InChI is InChI=1S/C24H26N2O5/c1-22(2)9-10-23(3,4)17-11-14(5-7-16(17)22)20(27)13-24(29)18-12-15(26(30)31)6-8-19(18)25-21(24)28/h5-8,11-12,29H,9-10,13H2,1-4H3,(H,25,28). The van der Waals surface area contributed by atoms with Crippen LogP contribution in [0.4, 0.5) is 11.4 Å². The summed E-state index contributed by atoms with van der Waals surface area (Å²) >= 11 is 0. The molecule has 7 heteroatoms. The number of nitrogens with zero attached hydrogens (tertiary/aromatic N) is 1. The second-order valence-electron chi connectivity index (χ2n) is 9.93. The van der Waals surface area contributed by atoms with Gasteiger partial charge in [0.15, 0.2) is 11.4 Å². The summed E-state index contributed by atoms with van der Waals surface area (Å²) in [4.78, 5) is 36.2. The Morgan fingerprint density at radius 3 is 2.32 bits per heavy atom. The zero-order chi connectivity index (χ0) is 22.8. The van der Waals surface area contributed by atoms with Gasteiger partial charge in [0.25, 0.3) is 11.6 Å².